The van der Waals surface area contributed by atoms with Gasteiger partial charge in [0.1, 0.15) is 11.6 Å². The van der Waals surface area contributed by atoms with Gasteiger partial charge in [0, 0.05) is 6.54 Å². The molecule has 0 aliphatic heterocycles. The van der Waals surface area contributed by atoms with Gasteiger partial charge >= 0.3 is 0 Å². The van der Waals surface area contributed by atoms with E-state index in [1.54, 1.807) is 25.3 Å². The molecule has 0 unspecified atom stereocenters. The van der Waals surface area contributed by atoms with E-state index in [9.17, 15) is 12.8 Å². The molecule has 2 aromatic carbocycles. The summed E-state index contributed by atoms with van der Waals surface area (Å²) in [6, 6.07) is 16.7. The number of rotatable bonds is 6. The minimum Gasteiger partial charge on any atom is -0.380 e. The lowest BCUT2D eigenvalue weighted by Crippen LogP contribution is -2.15. The number of benzene rings is 2. The third-order valence-electron chi connectivity index (χ3n) is 3.77. The van der Waals surface area contributed by atoms with E-state index in [-0.39, 0.29) is 10.7 Å². The first-order valence-corrected chi connectivity index (χ1v) is 9.45. The average Bonchev–Trinajstić information content (AvgIpc) is 2.61. The van der Waals surface area contributed by atoms with Crippen molar-refractivity contribution in [3.63, 3.8) is 0 Å². The zero-order valence-electron chi connectivity index (χ0n) is 14.1. The highest BCUT2D eigenvalue weighted by Crippen LogP contribution is 2.20. The van der Waals surface area contributed by atoms with E-state index < -0.39 is 15.8 Å². The first-order chi connectivity index (χ1) is 12.4. The second kappa shape index (κ2) is 7.53. The summed E-state index contributed by atoms with van der Waals surface area (Å²) in [6.45, 7) is 2.18. The molecule has 134 valence electrons. The van der Waals surface area contributed by atoms with Gasteiger partial charge in [0.05, 0.1) is 16.8 Å². The number of hydrogen-bond donors (Lipinski definition) is 2. The summed E-state index contributed by atoms with van der Waals surface area (Å²) >= 11 is 0. The largest absolute Gasteiger partial charge is 0.380 e. The molecule has 7 heteroatoms. The van der Waals surface area contributed by atoms with E-state index in [0.717, 1.165) is 17.3 Å². The maximum absolute atomic E-state index is 13.2. The molecular weight excluding hydrogens is 353 g/mol. The maximum atomic E-state index is 13.2. The highest BCUT2D eigenvalue weighted by atomic mass is 32.2. The third-order valence-corrected chi connectivity index (χ3v) is 5.28. The van der Waals surface area contributed by atoms with Crippen LogP contribution < -0.4 is 10.0 Å². The molecule has 0 radical (unpaired) electrons. The Bertz CT molecular complexity index is 991. The average molecular weight is 371 g/mol. The predicted molar refractivity (Wildman–Crippen MR) is 100.0 cm³/mol. The van der Waals surface area contributed by atoms with Crippen molar-refractivity contribution < 1.29 is 12.8 Å². The van der Waals surface area contributed by atoms with Crippen LogP contribution in [0, 0.1) is 12.7 Å². The number of aromatic nitrogens is 1. The molecule has 0 atom stereocenters. The number of nitrogens with one attached hydrogen (secondary N) is 2. The van der Waals surface area contributed by atoms with E-state index in [4.69, 9.17) is 0 Å². The fourth-order valence-electron chi connectivity index (χ4n) is 2.47. The summed E-state index contributed by atoms with van der Waals surface area (Å²) in [6.07, 6.45) is 1.55. The molecule has 0 bridgehead atoms. The zero-order valence-corrected chi connectivity index (χ0v) is 14.9. The summed E-state index contributed by atoms with van der Waals surface area (Å²) < 4.78 is 40.5. The summed E-state index contributed by atoms with van der Waals surface area (Å²) in [5.74, 6) is -0.285. The predicted octanol–water partition coefficient (Wildman–Crippen LogP) is 3.94. The quantitative estimate of drug-likeness (QED) is 0.688. The second-order valence-corrected chi connectivity index (χ2v) is 7.44. The first-order valence-electron chi connectivity index (χ1n) is 7.97. The third kappa shape index (κ3) is 4.37. The van der Waals surface area contributed by atoms with Crippen LogP contribution in [0.1, 0.15) is 11.1 Å². The zero-order chi connectivity index (χ0) is 18.6. The molecule has 0 aliphatic carbocycles. The minimum atomic E-state index is -3.83. The van der Waals surface area contributed by atoms with Gasteiger partial charge in [0.2, 0.25) is 0 Å². The number of pyridine rings is 1. The van der Waals surface area contributed by atoms with Gasteiger partial charge in [-0.3, -0.25) is 4.72 Å². The van der Waals surface area contributed by atoms with Crippen LogP contribution in [-0.4, -0.2) is 13.4 Å². The lowest BCUT2D eigenvalue weighted by Gasteiger charge is -2.11. The first kappa shape index (κ1) is 17.9. The molecule has 0 amide bonds. The number of anilines is 2. The van der Waals surface area contributed by atoms with Crippen molar-refractivity contribution in [2.45, 2.75) is 18.4 Å². The van der Waals surface area contributed by atoms with Crippen LogP contribution in [0.2, 0.25) is 0 Å². The molecule has 0 aliphatic rings. The van der Waals surface area contributed by atoms with Crippen LogP contribution in [0.4, 0.5) is 15.9 Å². The van der Waals surface area contributed by atoms with Crippen LogP contribution in [0.5, 0.6) is 0 Å². The Morgan fingerprint density at radius 1 is 1.04 bits per heavy atom. The van der Waals surface area contributed by atoms with Crippen molar-refractivity contribution in [3.05, 3.63) is 83.8 Å². The van der Waals surface area contributed by atoms with Gasteiger partial charge in [-0.1, -0.05) is 30.3 Å². The van der Waals surface area contributed by atoms with E-state index in [0.29, 0.717) is 12.1 Å². The fraction of sp³-hybridized carbons (Fsp3) is 0.105. The van der Waals surface area contributed by atoms with Gasteiger partial charge in [0.25, 0.3) is 10.0 Å². The molecule has 26 heavy (non-hydrogen) atoms. The van der Waals surface area contributed by atoms with Gasteiger partial charge in [0.15, 0.2) is 0 Å². The number of aryl methyl sites for hydroxylation is 1. The van der Waals surface area contributed by atoms with E-state index in [1.807, 2.05) is 30.3 Å². The smallest absolute Gasteiger partial charge is 0.263 e. The van der Waals surface area contributed by atoms with Gasteiger partial charge < -0.3 is 5.32 Å². The molecular formula is C19H18FN3O2S. The molecule has 3 rings (SSSR count). The Labute approximate surface area is 152 Å². The lowest BCUT2D eigenvalue weighted by molar-refractivity contribution is 0.598. The molecule has 0 saturated carbocycles. The molecule has 0 saturated heterocycles. The molecule has 1 aromatic heterocycles. The summed E-state index contributed by atoms with van der Waals surface area (Å²) in [5.41, 5.74) is 2.23. The summed E-state index contributed by atoms with van der Waals surface area (Å²) in [4.78, 5) is 4.14. The molecule has 5 nitrogen and oxygen atoms in total. The maximum Gasteiger partial charge on any atom is 0.263 e. The normalized spacial score (nSPS) is 11.2. The second-order valence-electron chi connectivity index (χ2n) is 5.79. The summed E-state index contributed by atoms with van der Waals surface area (Å²) in [5, 5.41) is 3.22. The lowest BCUT2D eigenvalue weighted by atomic mass is 10.2. The van der Waals surface area contributed by atoms with Crippen LogP contribution in [0.15, 0.2) is 71.8 Å². The topological polar surface area (TPSA) is 71.1 Å². The summed E-state index contributed by atoms with van der Waals surface area (Å²) in [7, 11) is -3.83. The van der Waals surface area contributed by atoms with Crippen LogP contribution in [0.3, 0.4) is 0 Å². The van der Waals surface area contributed by atoms with Crippen LogP contribution in [0.25, 0.3) is 0 Å². The van der Waals surface area contributed by atoms with Gasteiger partial charge in [-0.2, -0.15) is 0 Å². The van der Waals surface area contributed by atoms with Crippen molar-refractivity contribution in [1.82, 2.24) is 4.98 Å². The SMILES string of the molecule is Cc1cc(F)ccc1S(=O)(=O)Nc1ccc(NCc2ccccc2)cn1. The Kier molecular flexibility index (Phi) is 5.18. The standard InChI is InChI=1S/C19H18FN3O2S/c1-14-11-16(20)7-9-18(14)26(24,25)23-19-10-8-17(13-22-19)21-12-15-5-3-2-4-6-15/h2-11,13,21H,12H2,1H3,(H,22,23). The Hall–Kier alpha value is -2.93. The highest BCUT2D eigenvalue weighted by molar-refractivity contribution is 7.92. The fourth-order valence-corrected chi connectivity index (χ4v) is 3.70. The Morgan fingerprint density at radius 3 is 2.46 bits per heavy atom. The van der Waals surface area contributed by atoms with Crippen molar-refractivity contribution in [2.24, 2.45) is 0 Å². The molecule has 3 aromatic rings. The number of sulfonamides is 1. The monoisotopic (exact) mass is 371 g/mol. The van der Waals surface area contributed by atoms with Crippen molar-refractivity contribution in [2.75, 3.05) is 10.0 Å². The molecule has 1 heterocycles. The van der Waals surface area contributed by atoms with E-state index in [1.165, 1.54) is 12.1 Å². The Morgan fingerprint density at radius 2 is 1.81 bits per heavy atom. The van der Waals surface area contributed by atoms with Crippen molar-refractivity contribution in [3.8, 4) is 0 Å². The van der Waals surface area contributed by atoms with E-state index >= 15 is 0 Å². The molecule has 2 N–H and O–H groups in total. The van der Waals surface area contributed by atoms with Crippen molar-refractivity contribution in [1.29, 1.82) is 0 Å². The number of hydrogen-bond acceptors (Lipinski definition) is 4. The molecule has 0 fully saturated rings. The van der Waals surface area contributed by atoms with Gasteiger partial charge in [-0.25, -0.2) is 17.8 Å². The minimum absolute atomic E-state index is 0.0204. The van der Waals surface area contributed by atoms with Crippen molar-refractivity contribution >= 4 is 21.5 Å². The molecule has 0 spiro atoms. The number of nitrogens with zero attached hydrogens (tertiary/aromatic N) is 1. The van der Waals surface area contributed by atoms with Crippen LogP contribution >= 0.6 is 0 Å². The van der Waals surface area contributed by atoms with E-state index in [2.05, 4.69) is 15.0 Å². The van der Waals surface area contributed by atoms with Gasteiger partial charge in [-0.05, 0) is 48.4 Å². The number of halogens is 1. The van der Waals surface area contributed by atoms with Gasteiger partial charge in [-0.15, -0.1) is 0 Å². The Balaban J connectivity index is 1.68. The highest BCUT2D eigenvalue weighted by Gasteiger charge is 2.17. The van der Waals surface area contributed by atoms with Crippen LogP contribution in [-0.2, 0) is 16.6 Å².